The maximum absolute atomic E-state index is 12.5. The van der Waals surface area contributed by atoms with Crippen LogP contribution in [0.15, 0.2) is 49.2 Å². The van der Waals surface area contributed by atoms with Crippen molar-refractivity contribution in [3.8, 4) is 0 Å². The molecule has 0 fully saturated rings. The van der Waals surface area contributed by atoms with Gasteiger partial charge in [-0.1, -0.05) is 13.8 Å². The number of hydrogen-bond acceptors (Lipinski definition) is 4. The second-order valence-corrected chi connectivity index (χ2v) is 6.69. The van der Waals surface area contributed by atoms with Gasteiger partial charge in [0.05, 0.1) is 29.1 Å². The SMILES string of the molecule is CCCn1cnc2cc(NC(=O)N[C@H](CC)c3cn4cccnc4n3)ccc21. The average molecular weight is 377 g/mol. The van der Waals surface area contributed by atoms with Gasteiger partial charge in [0, 0.05) is 30.8 Å². The summed E-state index contributed by atoms with van der Waals surface area (Å²) in [4.78, 5) is 25.7. The first-order chi connectivity index (χ1) is 13.7. The quantitative estimate of drug-likeness (QED) is 0.535. The molecule has 0 aliphatic rings. The second kappa shape index (κ2) is 7.67. The van der Waals surface area contributed by atoms with E-state index in [0.717, 1.165) is 36.1 Å². The Kier molecular flexibility index (Phi) is 4.92. The molecule has 28 heavy (non-hydrogen) atoms. The third-order valence-electron chi connectivity index (χ3n) is 4.67. The summed E-state index contributed by atoms with van der Waals surface area (Å²) in [5.74, 6) is 0.617. The summed E-state index contributed by atoms with van der Waals surface area (Å²) in [7, 11) is 0. The molecule has 1 aromatic carbocycles. The number of benzene rings is 1. The van der Waals surface area contributed by atoms with Gasteiger partial charge in [0.1, 0.15) is 0 Å². The fraction of sp³-hybridized carbons (Fsp3) is 0.300. The van der Waals surface area contributed by atoms with Crippen LogP contribution < -0.4 is 10.6 Å². The number of aryl methyl sites for hydroxylation is 1. The maximum Gasteiger partial charge on any atom is 0.319 e. The maximum atomic E-state index is 12.5. The number of aromatic nitrogens is 5. The van der Waals surface area contributed by atoms with Gasteiger partial charge in [-0.15, -0.1) is 0 Å². The minimum atomic E-state index is -0.274. The second-order valence-electron chi connectivity index (χ2n) is 6.69. The number of nitrogens with one attached hydrogen (secondary N) is 2. The summed E-state index contributed by atoms with van der Waals surface area (Å²) < 4.78 is 3.96. The number of amides is 2. The van der Waals surface area contributed by atoms with E-state index in [0.29, 0.717) is 11.5 Å². The number of carbonyl (C=O) groups is 1. The summed E-state index contributed by atoms with van der Waals surface area (Å²) >= 11 is 0. The Morgan fingerprint density at radius 3 is 2.93 bits per heavy atom. The summed E-state index contributed by atoms with van der Waals surface area (Å²) in [6.45, 7) is 5.07. The molecule has 144 valence electrons. The molecule has 1 atom stereocenters. The van der Waals surface area contributed by atoms with Gasteiger partial charge in [0.15, 0.2) is 0 Å². The predicted octanol–water partition coefficient (Wildman–Crippen LogP) is 3.76. The van der Waals surface area contributed by atoms with Crippen LogP contribution >= 0.6 is 0 Å². The molecular weight excluding hydrogens is 354 g/mol. The largest absolute Gasteiger partial charge is 0.331 e. The van der Waals surface area contributed by atoms with Crippen LogP contribution in [0.4, 0.5) is 10.5 Å². The van der Waals surface area contributed by atoms with Crippen LogP contribution in [0.2, 0.25) is 0 Å². The van der Waals surface area contributed by atoms with Gasteiger partial charge in [0.25, 0.3) is 0 Å². The lowest BCUT2D eigenvalue weighted by atomic mass is 10.2. The summed E-state index contributed by atoms with van der Waals surface area (Å²) in [6, 6.07) is 7.14. The molecule has 3 heterocycles. The Labute approximate surface area is 162 Å². The Balaban J connectivity index is 1.47. The van der Waals surface area contributed by atoms with Crippen molar-refractivity contribution in [1.82, 2.24) is 29.2 Å². The standard InChI is InChI=1S/C20H23N7O/c1-3-9-27-13-22-16-11-14(6-7-18(16)27)23-20(28)25-15(4-2)17-12-26-10-5-8-21-19(26)24-17/h5-8,10-13,15H,3-4,9H2,1-2H3,(H2,23,25,28)/t15-/m1/s1. The first kappa shape index (κ1) is 18.0. The van der Waals surface area contributed by atoms with E-state index in [1.807, 2.05) is 54.3 Å². The van der Waals surface area contributed by atoms with Crippen LogP contribution in [-0.2, 0) is 6.54 Å². The number of urea groups is 1. The minimum Gasteiger partial charge on any atom is -0.331 e. The van der Waals surface area contributed by atoms with Crippen LogP contribution in [0.1, 0.15) is 38.4 Å². The highest BCUT2D eigenvalue weighted by Crippen LogP contribution is 2.20. The van der Waals surface area contributed by atoms with Gasteiger partial charge in [-0.3, -0.25) is 4.40 Å². The average Bonchev–Trinajstić information content (AvgIpc) is 3.30. The Morgan fingerprint density at radius 2 is 2.14 bits per heavy atom. The van der Waals surface area contributed by atoms with E-state index < -0.39 is 0 Å². The normalized spacial score (nSPS) is 12.4. The van der Waals surface area contributed by atoms with Crippen LogP contribution in [0.5, 0.6) is 0 Å². The van der Waals surface area contributed by atoms with Gasteiger partial charge < -0.3 is 15.2 Å². The first-order valence-electron chi connectivity index (χ1n) is 9.50. The van der Waals surface area contributed by atoms with Crippen molar-refractivity contribution in [2.45, 2.75) is 39.3 Å². The van der Waals surface area contributed by atoms with Crippen LogP contribution in [-0.4, -0.2) is 30.0 Å². The number of fused-ring (bicyclic) bond motifs is 2. The van der Waals surface area contributed by atoms with Gasteiger partial charge >= 0.3 is 6.03 Å². The zero-order valence-electron chi connectivity index (χ0n) is 16.0. The number of nitrogens with zero attached hydrogens (tertiary/aromatic N) is 5. The van der Waals surface area contributed by atoms with Crippen molar-refractivity contribution in [2.75, 3.05) is 5.32 Å². The topological polar surface area (TPSA) is 89.1 Å². The van der Waals surface area contributed by atoms with Crippen molar-refractivity contribution in [2.24, 2.45) is 0 Å². The molecule has 4 aromatic rings. The number of rotatable bonds is 6. The van der Waals surface area contributed by atoms with Gasteiger partial charge in [-0.2, -0.15) is 0 Å². The number of anilines is 1. The number of imidazole rings is 2. The van der Waals surface area contributed by atoms with E-state index in [9.17, 15) is 4.79 Å². The molecule has 0 saturated carbocycles. The Bertz CT molecular complexity index is 1080. The van der Waals surface area contributed by atoms with E-state index >= 15 is 0 Å². The van der Waals surface area contributed by atoms with Crippen molar-refractivity contribution in [3.05, 3.63) is 54.9 Å². The monoisotopic (exact) mass is 377 g/mol. The van der Waals surface area contributed by atoms with Crippen LogP contribution in [0.25, 0.3) is 16.8 Å². The molecule has 3 aromatic heterocycles. The van der Waals surface area contributed by atoms with Crippen molar-refractivity contribution in [1.29, 1.82) is 0 Å². The molecule has 0 aliphatic heterocycles. The van der Waals surface area contributed by atoms with Crippen molar-refractivity contribution < 1.29 is 4.79 Å². The molecule has 8 heteroatoms. The third-order valence-corrected chi connectivity index (χ3v) is 4.67. The molecule has 0 unspecified atom stereocenters. The molecular formula is C20H23N7O. The lowest BCUT2D eigenvalue weighted by Gasteiger charge is -2.15. The van der Waals surface area contributed by atoms with Crippen molar-refractivity contribution >= 4 is 28.5 Å². The molecule has 8 nitrogen and oxygen atoms in total. The van der Waals surface area contributed by atoms with Crippen LogP contribution in [0.3, 0.4) is 0 Å². The summed E-state index contributed by atoms with van der Waals surface area (Å²) in [5, 5.41) is 5.88. The highest BCUT2D eigenvalue weighted by Gasteiger charge is 2.16. The molecule has 0 aliphatic carbocycles. The molecule has 0 spiro atoms. The van der Waals surface area contributed by atoms with E-state index in [-0.39, 0.29) is 12.1 Å². The lowest BCUT2D eigenvalue weighted by molar-refractivity contribution is 0.248. The van der Waals surface area contributed by atoms with Gasteiger partial charge in [-0.25, -0.2) is 19.7 Å². The molecule has 2 amide bonds. The smallest absolute Gasteiger partial charge is 0.319 e. The predicted molar refractivity (Wildman–Crippen MR) is 108 cm³/mol. The first-order valence-corrected chi connectivity index (χ1v) is 9.50. The minimum absolute atomic E-state index is 0.200. The fourth-order valence-corrected chi connectivity index (χ4v) is 3.29. The van der Waals surface area contributed by atoms with Crippen LogP contribution in [0, 0.1) is 0 Å². The number of hydrogen-bond donors (Lipinski definition) is 2. The molecule has 2 N–H and O–H groups in total. The molecule has 4 rings (SSSR count). The third kappa shape index (κ3) is 3.53. The van der Waals surface area contributed by atoms with E-state index in [2.05, 4.69) is 37.1 Å². The zero-order chi connectivity index (χ0) is 19.5. The zero-order valence-corrected chi connectivity index (χ0v) is 16.0. The van der Waals surface area contributed by atoms with E-state index in [1.165, 1.54) is 0 Å². The van der Waals surface area contributed by atoms with E-state index in [4.69, 9.17) is 0 Å². The van der Waals surface area contributed by atoms with Gasteiger partial charge in [-0.05, 0) is 37.1 Å². The highest BCUT2D eigenvalue weighted by atomic mass is 16.2. The summed E-state index contributed by atoms with van der Waals surface area (Å²) in [5.41, 5.74) is 3.42. The van der Waals surface area contributed by atoms with Crippen molar-refractivity contribution in [3.63, 3.8) is 0 Å². The Hall–Kier alpha value is -3.42. The molecule has 0 bridgehead atoms. The highest BCUT2D eigenvalue weighted by molar-refractivity contribution is 5.92. The lowest BCUT2D eigenvalue weighted by Crippen LogP contribution is -2.32. The molecule has 0 saturated heterocycles. The number of carbonyl (C=O) groups excluding carboxylic acids is 1. The fourth-order valence-electron chi connectivity index (χ4n) is 3.29. The van der Waals surface area contributed by atoms with Gasteiger partial charge in [0.2, 0.25) is 5.78 Å². The summed E-state index contributed by atoms with van der Waals surface area (Å²) in [6.07, 6.45) is 9.08. The molecule has 0 radical (unpaired) electrons. The Morgan fingerprint density at radius 1 is 1.25 bits per heavy atom. The van der Waals surface area contributed by atoms with E-state index in [1.54, 1.807) is 6.20 Å².